The van der Waals surface area contributed by atoms with Crippen LogP contribution in [0.5, 0.6) is 5.75 Å². The van der Waals surface area contributed by atoms with Crippen molar-refractivity contribution in [3.63, 3.8) is 0 Å². The third kappa shape index (κ3) is 4.04. The number of ketones is 1. The summed E-state index contributed by atoms with van der Waals surface area (Å²) in [5, 5.41) is 10.9. The van der Waals surface area contributed by atoms with Gasteiger partial charge in [0.25, 0.3) is 11.7 Å². The molecule has 2 aromatic rings. The van der Waals surface area contributed by atoms with Gasteiger partial charge in [0.15, 0.2) is 11.6 Å². The maximum Gasteiger partial charge on any atom is 0.295 e. The van der Waals surface area contributed by atoms with E-state index in [1.807, 2.05) is 19.0 Å². The normalized spacial score (nSPS) is 18.3. The fourth-order valence-corrected chi connectivity index (χ4v) is 3.38. The predicted molar refractivity (Wildman–Crippen MR) is 107 cm³/mol. The van der Waals surface area contributed by atoms with E-state index in [0.717, 1.165) is 6.07 Å². The molecule has 2 aromatic carbocycles. The number of likely N-dealkylation sites (N-methyl/N-ethyl adjacent to an activating group) is 1. The van der Waals surface area contributed by atoms with Gasteiger partial charge in [0.1, 0.15) is 11.6 Å². The molecule has 1 aliphatic heterocycles. The summed E-state index contributed by atoms with van der Waals surface area (Å²) < 4.78 is 32.5. The van der Waals surface area contributed by atoms with Crippen molar-refractivity contribution in [2.75, 3.05) is 34.3 Å². The van der Waals surface area contributed by atoms with E-state index in [0.29, 0.717) is 12.1 Å². The second kappa shape index (κ2) is 8.62. The second-order valence-electron chi connectivity index (χ2n) is 7.20. The van der Waals surface area contributed by atoms with Gasteiger partial charge < -0.3 is 19.6 Å². The van der Waals surface area contributed by atoms with E-state index in [2.05, 4.69) is 0 Å². The van der Waals surface area contributed by atoms with E-state index in [-0.39, 0.29) is 23.4 Å². The number of rotatable bonds is 6. The maximum atomic E-state index is 14.2. The van der Waals surface area contributed by atoms with Gasteiger partial charge in [0.2, 0.25) is 0 Å². The average molecular weight is 416 g/mol. The third-order valence-corrected chi connectivity index (χ3v) is 4.94. The monoisotopic (exact) mass is 416 g/mol. The molecule has 0 bridgehead atoms. The quantitative estimate of drug-likeness (QED) is 0.446. The number of carbonyl (C=O) groups excluding carboxylic acids is 2. The Hall–Kier alpha value is -3.26. The first kappa shape index (κ1) is 21.4. The smallest absolute Gasteiger partial charge is 0.295 e. The molecule has 8 heteroatoms. The van der Waals surface area contributed by atoms with Crippen LogP contribution < -0.4 is 4.74 Å². The molecule has 3 rings (SSSR count). The number of hydrogen-bond donors (Lipinski definition) is 1. The average Bonchev–Trinajstić information content (AvgIpc) is 2.96. The number of hydrogen-bond acceptors (Lipinski definition) is 5. The lowest BCUT2D eigenvalue weighted by atomic mass is 9.95. The van der Waals surface area contributed by atoms with Crippen LogP contribution in [0.3, 0.4) is 0 Å². The Bertz CT molecular complexity index is 1000. The van der Waals surface area contributed by atoms with E-state index in [1.165, 1.54) is 48.4 Å². The number of amides is 1. The molecule has 0 aromatic heterocycles. The number of likely N-dealkylation sites (tertiary alicyclic amines) is 1. The molecule has 0 spiro atoms. The van der Waals surface area contributed by atoms with Crippen molar-refractivity contribution in [1.29, 1.82) is 0 Å². The summed E-state index contributed by atoms with van der Waals surface area (Å²) >= 11 is 0. The van der Waals surface area contributed by atoms with Crippen molar-refractivity contribution in [2.45, 2.75) is 6.04 Å². The molecule has 0 aliphatic carbocycles. The van der Waals surface area contributed by atoms with Gasteiger partial charge in [-0.2, -0.15) is 0 Å². The molecule has 1 aliphatic rings. The van der Waals surface area contributed by atoms with Crippen molar-refractivity contribution in [3.8, 4) is 5.75 Å². The van der Waals surface area contributed by atoms with Crippen LogP contribution in [0.15, 0.2) is 48.0 Å². The van der Waals surface area contributed by atoms with Crippen molar-refractivity contribution in [3.05, 3.63) is 70.8 Å². The Morgan fingerprint density at radius 2 is 1.80 bits per heavy atom. The fraction of sp³-hybridized carbons (Fsp3) is 0.273. The van der Waals surface area contributed by atoms with Crippen LogP contribution in [0.2, 0.25) is 0 Å². The Kier molecular flexibility index (Phi) is 6.17. The van der Waals surface area contributed by atoms with Gasteiger partial charge >= 0.3 is 0 Å². The molecular formula is C22H22F2N2O4. The molecule has 1 atom stereocenters. The largest absolute Gasteiger partial charge is 0.507 e. The lowest BCUT2D eigenvalue weighted by Crippen LogP contribution is -2.35. The molecule has 1 fully saturated rings. The predicted octanol–water partition coefficient (Wildman–Crippen LogP) is 2.96. The zero-order valence-corrected chi connectivity index (χ0v) is 16.9. The summed E-state index contributed by atoms with van der Waals surface area (Å²) in [6, 6.07) is 8.17. The number of ether oxygens (including phenoxy) is 1. The van der Waals surface area contributed by atoms with Gasteiger partial charge in [-0.1, -0.05) is 12.1 Å². The standard InChI is InChI=1S/C22H22F2N2O4/c1-25(2)10-11-26-19(13-4-7-15(23)8-5-13)18(21(28)22(26)29)20(27)14-6-9-17(30-3)16(24)12-14/h4-9,12,19,27H,10-11H2,1-3H3/b20-18+/t19-/m0/s1. The fourth-order valence-electron chi connectivity index (χ4n) is 3.38. The number of benzene rings is 2. The van der Waals surface area contributed by atoms with Crippen LogP contribution in [0.4, 0.5) is 8.78 Å². The number of aliphatic hydroxyl groups is 1. The first-order chi connectivity index (χ1) is 14.2. The number of nitrogens with zero attached hydrogens (tertiary/aromatic N) is 2. The van der Waals surface area contributed by atoms with Gasteiger partial charge in [-0.15, -0.1) is 0 Å². The first-order valence-corrected chi connectivity index (χ1v) is 9.27. The SMILES string of the molecule is COc1ccc(/C(O)=C2\C(=O)C(=O)N(CCN(C)C)[C@H]2c2ccc(F)cc2)cc1F. The molecule has 1 saturated heterocycles. The topological polar surface area (TPSA) is 70.1 Å². The molecule has 1 amide bonds. The molecular weight excluding hydrogens is 394 g/mol. The van der Waals surface area contributed by atoms with Crippen LogP contribution in [0.1, 0.15) is 17.2 Å². The number of halogens is 2. The van der Waals surface area contributed by atoms with Gasteiger partial charge in [-0.25, -0.2) is 8.78 Å². The summed E-state index contributed by atoms with van der Waals surface area (Å²) in [7, 11) is 4.95. The Labute approximate surface area is 173 Å². The van der Waals surface area contributed by atoms with Crippen LogP contribution in [0.25, 0.3) is 5.76 Å². The number of aliphatic hydroxyl groups excluding tert-OH is 1. The summed E-state index contributed by atoms with van der Waals surface area (Å²) in [4.78, 5) is 28.7. The molecule has 1 heterocycles. The van der Waals surface area contributed by atoms with Crippen molar-refractivity contribution in [1.82, 2.24) is 9.80 Å². The van der Waals surface area contributed by atoms with E-state index >= 15 is 0 Å². The lowest BCUT2D eigenvalue weighted by Gasteiger charge is -2.26. The van der Waals surface area contributed by atoms with Crippen molar-refractivity contribution < 1.29 is 28.2 Å². The Balaban J connectivity index is 2.14. The highest BCUT2D eigenvalue weighted by Gasteiger charge is 2.45. The van der Waals surface area contributed by atoms with Gasteiger partial charge in [-0.05, 0) is 50.0 Å². The molecule has 30 heavy (non-hydrogen) atoms. The van der Waals surface area contributed by atoms with Crippen molar-refractivity contribution >= 4 is 17.4 Å². The van der Waals surface area contributed by atoms with Crippen LogP contribution in [0, 0.1) is 11.6 Å². The van der Waals surface area contributed by atoms with Gasteiger partial charge in [-0.3, -0.25) is 9.59 Å². The van der Waals surface area contributed by atoms with E-state index in [9.17, 15) is 23.5 Å². The summed E-state index contributed by atoms with van der Waals surface area (Å²) in [5.74, 6) is -3.37. The minimum Gasteiger partial charge on any atom is -0.507 e. The highest BCUT2D eigenvalue weighted by Crippen LogP contribution is 2.39. The highest BCUT2D eigenvalue weighted by molar-refractivity contribution is 6.46. The molecule has 1 N–H and O–H groups in total. The molecule has 0 radical (unpaired) electrons. The third-order valence-electron chi connectivity index (χ3n) is 4.94. The van der Waals surface area contributed by atoms with Crippen LogP contribution in [-0.4, -0.2) is 60.9 Å². The second-order valence-corrected chi connectivity index (χ2v) is 7.20. The Morgan fingerprint density at radius 1 is 1.13 bits per heavy atom. The maximum absolute atomic E-state index is 14.2. The minimum atomic E-state index is -0.921. The van der Waals surface area contributed by atoms with Gasteiger partial charge in [0, 0.05) is 18.7 Å². The zero-order chi connectivity index (χ0) is 22.0. The van der Waals surface area contributed by atoms with E-state index < -0.39 is 35.1 Å². The van der Waals surface area contributed by atoms with E-state index in [4.69, 9.17) is 4.74 Å². The van der Waals surface area contributed by atoms with Crippen LogP contribution >= 0.6 is 0 Å². The first-order valence-electron chi connectivity index (χ1n) is 9.27. The summed E-state index contributed by atoms with van der Waals surface area (Å²) in [6.45, 7) is 0.690. The number of Topliss-reactive ketones (excluding diaryl/α,β-unsaturated/α-hetero) is 1. The molecule has 158 valence electrons. The minimum absolute atomic E-state index is 0.0203. The highest BCUT2D eigenvalue weighted by atomic mass is 19.1. The summed E-state index contributed by atoms with van der Waals surface area (Å²) in [5.41, 5.74) is 0.325. The van der Waals surface area contributed by atoms with Crippen molar-refractivity contribution in [2.24, 2.45) is 0 Å². The molecule has 0 saturated carbocycles. The van der Waals surface area contributed by atoms with Crippen LogP contribution in [-0.2, 0) is 9.59 Å². The molecule has 6 nitrogen and oxygen atoms in total. The zero-order valence-electron chi connectivity index (χ0n) is 16.9. The van der Waals surface area contributed by atoms with E-state index in [1.54, 1.807) is 0 Å². The van der Waals surface area contributed by atoms with Gasteiger partial charge in [0.05, 0.1) is 18.7 Å². The number of carbonyl (C=O) groups is 2. The Morgan fingerprint density at radius 3 is 2.37 bits per heavy atom. The lowest BCUT2D eigenvalue weighted by molar-refractivity contribution is -0.140. The molecule has 0 unspecified atom stereocenters. The number of methoxy groups -OCH3 is 1. The summed E-state index contributed by atoms with van der Waals surface area (Å²) in [6.07, 6.45) is 0.